The normalized spacial score (nSPS) is 12.6. The molecule has 0 radical (unpaired) electrons. The maximum atomic E-state index is 11.0. The number of nitrogens with zero attached hydrogens (tertiary/aromatic N) is 2. The van der Waals surface area contributed by atoms with Gasteiger partial charge in [0.1, 0.15) is 0 Å². The lowest BCUT2D eigenvalue weighted by molar-refractivity contribution is -0.383. The van der Waals surface area contributed by atoms with Crippen LogP contribution in [0.2, 0.25) is 0 Å². The van der Waals surface area contributed by atoms with Crippen LogP contribution in [0.15, 0.2) is 29.3 Å². The predicted molar refractivity (Wildman–Crippen MR) is 77.0 cm³/mol. The minimum atomic E-state index is -0.812. The van der Waals surface area contributed by atoms with Gasteiger partial charge < -0.3 is 10.2 Å². The van der Waals surface area contributed by atoms with Crippen LogP contribution in [0.4, 0.5) is 5.69 Å². The second kappa shape index (κ2) is 6.17. The molecule has 1 atom stereocenters. The molecule has 106 valence electrons. The van der Waals surface area contributed by atoms with Crippen molar-refractivity contribution in [1.29, 1.82) is 0 Å². The number of hydrogen-bond donors (Lipinski definition) is 2. The number of nitro groups is 1. The quantitative estimate of drug-likeness (QED) is 0.496. The average Bonchev–Trinajstić information content (AvgIpc) is 2.43. The molecular formula is C13H14N2O4S. The molecule has 1 heterocycles. The molecule has 0 spiro atoms. The molecule has 2 aromatic rings. The molecule has 1 unspecified atom stereocenters. The van der Waals surface area contributed by atoms with E-state index in [9.17, 15) is 15.2 Å². The summed E-state index contributed by atoms with van der Waals surface area (Å²) in [5.41, 5.74) is 0.780. The number of non-ortho nitro benzene ring substituents is 1. The van der Waals surface area contributed by atoms with Crippen LogP contribution in [0, 0.1) is 17.0 Å². The summed E-state index contributed by atoms with van der Waals surface area (Å²) >= 11 is 1.35. The Labute approximate surface area is 119 Å². The molecule has 0 bridgehead atoms. The number of aliphatic hydroxyl groups is 2. The monoisotopic (exact) mass is 294 g/mol. The molecule has 20 heavy (non-hydrogen) atoms. The van der Waals surface area contributed by atoms with E-state index in [-0.39, 0.29) is 12.3 Å². The fraction of sp³-hybridized carbons (Fsp3) is 0.308. The van der Waals surface area contributed by atoms with Crippen molar-refractivity contribution >= 4 is 28.2 Å². The minimum Gasteiger partial charge on any atom is -0.394 e. The highest BCUT2D eigenvalue weighted by Crippen LogP contribution is 2.34. The molecule has 0 aliphatic rings. The average molecular weight is 294 g/mol. The Hall–Kier alpha value is -1.70. The fourth-order valence-electron chi connectivity index (χ4n) is 1.83. The lowest BCUT2D eigenvalue weighted by Crippen LogP contribution is -2.14. The molecule has 0 saturated heterocycles. The highest BCUT2D eigenvalue weighted by atomic mass is 32.2. The number of aryl methyl sites for hydroxylation is 1. The van der Waals surface area contributed by atoms with Crippen molar-refractivity contribution in [2.24, 2.45) is 0 Å². The van der Waals surface area contributed by atoms with Crippen LogP contribution in [-0.2, 0) is 0 Å². The van der Waals surface area contributed by atoms with Crippen molar-refractivity contribution in [3.63, 3.8) is 0 Å². The van der Waals surface area contributed by atoms with Gasteiger partial charge in [0.05, 0.1) is 23.0 Å². The first kappa shape index (κ1) is 14.7. The molecule has 0 aliphatic carbocycles. The number of rotatable bonds is 5. The third-order valence-corrected chi connectivity index (χ3v) is 4.03. The molecule has 2 rings (SSSR count). The van der Waals surface area contributed by atoms with Crippen LogP contribution < -0.4 is 0 Å². The first-order valence-corrected chi connectivity index (χ1v) is 6.97. The SMILES string of the molecule is Cc1cc2c(SCC(O)CO)ccc([N+](=O)[O-])c2cn1. The first-order valence-electron chi connectivity index (χ1n) is 5.98. The number of pyridine rings is 1. The predicted octanol–water partition coefficient (Wildman–Crippen LogP) is 1.90. The lowest BCUT2D eigenvalue weighted by Gasteiger charge is -2.09. The van der Waals surface area contributed by atoms with Crippen molar-refractivity contribution in [2.75, 3.05) is 12.4 Å². The molecule has 2 N–H and O–H groups in total. The molecule has 6 nitrogen and oxygen atoms in total. The highest BCUT2D eigenvalue weighted by Gasteiger charge is 2.15. The van der Waals surface area contributed by atoms with Crippen LogP contribution in [0.25, 0.3) is 10.8 Å². The topological polar surface area (TPSA) is 96.5 Å². The standard InChI is InChI=1S/C13H14N2O4S/c1-8-4-10-11(5-14-8)12(15(18)19)2-3-13(10)20-7-9(17)6-16/h2-5,9,16-17H,6-7H2,1H3. The van der Waals surface area contributed by atoms with Gasteiger partial charge in [-0.25, -0.2) is 0 Å². The molecule has 0 fully saturated rings. The van der Waals surface area contributed by atoms with Gasteiger partial charge in [-0.1, -0.05) is 0 Å². The van der Waals surface area contributed by atoms with Crippen LogP contribution >= 0.6 is 11.8 Å². The van der Waals surface area contributed by atoms with Gasteiger partial charge in [-0.15, -0.1) is 11.8 Å². The Bertz CT molecular complexity index is 648. The molecule has 0 aliphatic heterocycles. The fourth-order valence-corrected chi connectivity index (χ4v) is 2.79. The highest BCUT2D eigenvalue weighted by molar-refractivity contribution is 7.99. The smallest absolute Gasteiger partial charge is 0.278 e. The minimum absolute atomic E-state index is 0.0135. The van der Waals surface area contributed by atoms with Gasteiger partial charge in [0, 0.05) is 34.0 Å². The van der Waals surface area contributed by atoms with Gasteiger partial charge in [-0.2, -0.15) is 0 Å². The van der Waals surface area contributed by atoms with Gasteiger partial charge in [0.15, 0.2) is 0 Å². The van der Waals surface area contributed by atoms with Crippen molar-refractivity contribution in [1.82, 2.24) is 4.98 Å². The molecule has 0 amide bonds. The summed E-state index contributed by atoms with van der Waals surface area (Å²) < 4.78 is 0. The zero-order valence-electron chi connectivity index (χ0n) is 10.8. The maximum absolute atomic E-state index is 11.0. The molecule has 1 aromatic carbocycles. The van der Waals surface area contributed by atoms with Crippen molar-refractivity contribution in [3.05, 3.63) is 40.2 Å². The van der Waals surface area contributed by atoms with E-state index in [1.54, 1.807) is 12.1 Å². The third kappa shape index (κ3) is 3.06. The molecule has 7 heteroatoms. The van der Waals surface area contributed by atoms with E-state index in [4.69, 9.17) is 5.11 Å². The first-order chi connectivity index (χ1) is 9.52. The number of aliphatic hydroxyl groups excluding tert-OH is 2. The van der Waals surface area contributed by atoms with E-state index in [0.717, 1.165) is 16.0 Å². The number of hydrogen-bond acceptors (Lipinski definition) is 6. The summed E-state index contributed by atoms with van der Waals surface area (Å²) in [6.07, 6.45) is 0.683. The van der Waals surface area contributed by atoms with E-state index in [0.29, 0.717) is 11.1 Å². The summed E-state index contributed by atoms with van der Waals surface area (Å²) in [5, 5.41) is 30.5. The van der Waals surface area contributed by atoms with Crippen molar-refractivity contribution < 1.29 is 15.1 Å². The maximum Gasteiger partial charge on any atom is 0.278 e. The van der Waals surface area contributed by atoms with Gasteiger partial charge in [-0.05, 0) is 19.1 Å². The number of nitro benzene ring substituents is 1. The largest absolute Gasteiger partial charge is 0.394 e. The molecular weight excluding hydrogens is 280 g/mol. The van der Waals surface area contributed by atoms with E-state index in [1.165, 1.54) is 24.0 Å². The Kier molecular flexibility index (Phi) is 4.53. The number of benzene rings is 1. The van der Waals surface area contributed by atoms with Gasteiger partial charge >= 0.3 is 0 Å². The van der Waals surface area contributed by atoms with Crippen molar-refractivity contribution in [3.8, 4) is 0 Å². The van der Waals surface area contributed by atoms with E-state index < -0.39 is 11.0 Å². The zero-order valence-corrected chi connectivity index (χ0v) is 11.6. The Morgan fingerprint density at radius 1 is 1.45 bits per heavy atom. The number of thioether (sulfide) groups is 1. The Balaban J connectivity index is 2.48. The van der Waals surface area contributed by atoms with Crippen LogP contribution in [0.5, 0.6) is 0 Å². The lowest BCUT2D eigenvalue weighted by atomic mass is 10.1. The Morgan fingerprint density at radius 3 is 2.85 bits per heavy atom. The summed E-state index contributed by atoms with van der Waals surface area (Å²) in [5.74, 6) is 0.324. The van der Waals surface area contributed by atoms with E-state index in [1.807, 2.05) is 6.92 Å². The van der Waals surface area contributed by atoms with E-state index in [2.05, 4.69) is 4.98 Å². The van der Waals surface area contributed by atoms with Crippen LogP contribution in [-0.4, -0.2) is 38.6 Å². The number of aromatic nitrogens is 1. The van der Waals surface area contributed by atoms with Crippen LogP contribution in [0.3, 0.4) is 0 Å². The summed E-state index contributed by atoms with van der Waals surface area (Å²) in [4.78, 5) is 15.5. The Morgan fingerprint density at radius 2 is 2.20 bits per heavy atom. The summed E-state index contributed by atoms with van der Waals surface area (Å²) in [6, 6.07) is 4.89. The van der Waals surface area contributed by atoms with Gasteiger partial charge in [0.25, 0.3) is 5.69 Å². The summed E-state index contributed by atoms with van der Waals surface area (Å²) in [7, 11) is 0. The van der Waals surface area contributed by atoms with Crippen LogP contribution in [0.1, 0.15) is 5.69 Å². The third-order valence-electron chi connectivity index (χ3n) is 2.81. The van der Waals surface area contributed by atoms with Gasteiger partial charge in [0.2, 0.25) is 0 Å². The summed E-state index contributed by atoms with van der Waals surface area (Å²) in [6.45, 7) is 1.51. The zero-order chi connectivity index (χ0) is 14.7. The second-order valence-corrected chi connectivity index (χ2v) is 5.42. The second-order valence-electron chi connectivity index (χ2n) is 4.36. The van der Waals surface area contributed by atoms with Crippen molar-refractivity contribution in [2.45, 2.75) is 17.9 Å². The molecule has 0 saturated carbocycles. The van der Waals surface area contributed by atoms with E-state index >= 15 is 0 Å². The molecule has 1 aromatic heterocycles. The number of fused-ring (bicyclic) bond motifs is 1. The van der Waals surface area contributed by atoms with Gasteiger partial charge in [-0.3, -0.25) is 15.1 Å².